The summed E-state index contributed by atoms with van der Waals surface area (Å²) < 4.78 is 0. The van der Waals surface area contributed by atoms with Crippen LogP contribution in [0.3, 0.4) is 0 Å². The molecule has 5 heteroatoms. The summed E-state index contributed by atoms with van der Waals surface area (Å²) in [5.74, 6) is -0.261. The number of hydrazine groups is 1. The Kier molecular flexibility index (Phi) is 5.93. The third kappa shape index (κ3) is 5.35. The molecule has 0 spiro atoms. The van der Waals surface area contributed by atoms with Crippen molar-refractivity contribution in [2.45, 2.75) is 33.1 Å². The lowest BCUT2D eigenvalue weighted by Gasteiger charge is -2.29. The Balaban J connectivity index is 2.04. The topological polar surface area (TPSA) is 78.4 Å². The average molecular weight is 328 g/mol. The first-order valence-corrected chi connectivity index (χ1v) is 8.06. The lowest BCUT2D eigenvalue weighted by atomic mass is 9.79. The Morgan fingerprint density at radius 1 is 1.25 bits per heavy atom. The minimum absolute atomic E-state index is 0.0541. The number of carbonyl (C=O) groups excluding carboxylic acids is 2. The molecule has 0 atom stereocenters. The lowest BCUT2D eigenvalue weighted by Crippen LogP contribution is -2.40. The zero-order valence-corrected chi connectivity index (χ0v) is 14.1. The van der Waals surface area contributed by atoms with Gasteiger partial charge in [0.05, 0.1) is 0 Å². The van der Waals surface area contributed by atoms with Crippen LogP contribution in [0.25, 0.3) is 6.08 Å². The summed E-state index contributed by atoms with van der Waals surface area (Å²) >= 11 is 0. The van der Waals surface area contributed by atoms with Crippen molar-refractivity contribution in [1.29, 1.82) is 0 Å². The Bertz CT molecular complexity index is 660. The van der Waals surface area contributed by atoms with Gasteiger partial charge in [0, 0.05) is 36.8 Å². The van der Waals surface area contributed by atoms with Crippen molar-refractivity contribution in [1.82, 2.24) is 10.9 Å². The second kappa shape index (κ2) is 7.93. The smallest absolute Gasteiger partial charge is 0.265 e. The molecular formula is C19H24N2O3. The van der Waals surface area contributed by atoms with Gasteiger partial charge in [-0.3, -0.25) is 15.0 Å². The number of carbonyl (C=O) groups is 2. The van der Waals surface area contributed by atoms with Crippen LogP contribution in [-0.2, 0) is 9.59 Å². The van der Waals surface area contributed by atoms with Crippen molar-refractivity contribution in [3.8, 4) is 0 Å². The summed E-state index contributed by atoms with van der Waals surface area (Å²) in [5, 5.41) is 9.19. The molecule has 3 N–H and O–H groups in total. The molecule has 128 valence electrons. The van der Waals surface area contributed by atoms with Gasteiger partial charge in [0.25, 0.3) is 5.91 Å². The van der Waals surface area contributed by atoms with E-state index in [1.807, 2.05) is 44.2 Å². The van der Waals surface area contributed by atoms with Crippen LogP contribution < -0.4 is 10.9 Å². The molecular weight excluding hydrogens is 304 g/mol. The number of rotatable bonds is 6. The summed E-state index contributed by atoms with van der Waals surface area (Å²) in [5.41, 5.74) is 7.42. The summed E-state index contributed by atoms with van der Waals surface area (Å²) in [7, 11) is 0. The molecule has 0 unspecified atom stereocenters. The molecule has 2 rings (SSSR count). The highest BCUT2D eigenvalue weighted by Crippen LogP contribution is 2.32. The largest absolute Gasteiger partial charge is 0.396 e. The van der Waals surface area contributed by atoms with E-state index in [2.05, 4.69) is 10.9 Å². The van der Waals surface area contributed by atoms with Crippen LogP contribution in [0.1, 0.15) is 38.7 Å². The number of aliphatic hydroxyl groups excluding tert-OH is 1. The van der Waals surface area contributed by atoms with Crippen LogP contribution >= 0.6 is 0 Å². The maximum atomic E-state index is 12.4. The molecule has 0 heterocycles. The standard InChI is InChI=1S/C19H24N2O3/c1-19(2)12-16(11-17(23)13-19)20-21-18(24)15(8-9-22)10-14-6-4-3-5-7-14/h3-7,10-11,20,22H,8-9,12-13H2,1-2H3,(H,21,24)/b15-10+. The van der Waals surface area contributed by atoms with Crippen molar-refractivity contribution >= 4 is 17.8 Å². The van der Waals surface area contributed by atoms with Crippen LogP contribution in [0.4, 0.5) is 0 Å². The van der Waals surface area contributed by atoms with Gasteiger partial charge in [-0.2, -0.15) is 0 Å². The number of ketones is 1. The molecule has 1 aliphatic carbocycles. The molecule has 0 radical (unpaired) electrons. The Morgan fingerprint density at radius 2 is 1.96 bits per heavy atom. The van der Waals surface area contributed by atoms with E-state index in [9.17, 15) is 14.7 Å². The van der Waals surface area contributed by atoms with Crippen LogP contribution in [0, 0.1) is 5.41 Å². The van der Waals surface area contributed by atoms with Gasteiger partial charge in [-0.1, -0.05) is 44.2 Å². The maximum absolute atomic E-state index is 12.4. The fraction of sp³-hybridized carbons (Fsp3) is 0.368. The van der Waals surface area contributed by atoms with E-state index in [1.165, 1.54) is 6.08 Å². The summed E-state index contributed by atoms with van der Waals surface area (Å²) in [4.78, 5) is 24.1. The molecule has 0 saturated heterocycles. The van der Waals surface area contributed by atoms with E-state index in [4.69, 9.17) is 0 Å². The van der Waals surface area contributed by atoms with Gasteiger partial charge in [0.1, 0.15) is 0 Å². The first-order valence-electron chi connectivity index (χ1n) is 8.06. The molecule has 24 heavy (non-hydrogen) atoms. The van der Waals surface area contributed by atoms with Crippen molar-refractivity contribution < 1.29 is 14.7 Å². The van der Waals surface area contributed by atoms with E-state index < -0.39 is 0 Å². The van der Waals surface area contributed by atoms with E-state index >= 15 is 0 Å². The number of allylic oxidation sites excluding steroid dienone is 2. The molecule has 1 aromatic rings. The number of hydrogen-bond donors (Lipinski definition) is 3. The minimum atomic E-state index is -0.315. The number of aliphatic hydroxyl groups is 1. The predicted octanol–water partition coefficient (Wildman–Crippen LogP) is 2.35. The summed E-state index contributed by atoms with van der Waals surface area (Å²) in [6.07, 6.45) is 4.74. The zero-order chi connectivity index (χ0) is 17.6. The first kappa shape index (κ1) is 17.9. The van der Waals surface area contributed by atoms with Gasteiger partial charge in [0.2, 0.25) is 0 Å². The van der Waals surface area contributed by atoms with Gasteiger partial charge in [-0.05, 0) is 23.5 Å². The van der Waals surface area contributed by atoms with Crippen LogP contribution in [0.15, 0.2) is 47.7 Å². The number of nitrogens with one attached hydrogen (secondary N) is 2. The minimum Gasteiger partial charge on any atom is -0.396 e. The zero-order valence-electron chi connectivity index (χ0n) is 14.1. The van der Waals surface area contributed by atoms with E-state index in [-0.39, 0.29) is 30.1 Å². The molecule has 0 fully saturated rings. The van der Waals surface area contributed by atoms with Gasteiger partial charge in [-0.25, -0.2) is 0 Å². The van der Waals surface area contributed by atoms with Crippen molar-refractivity contribution in [2.24, 2.45) is 5.41 Å². The predicted molar refractivity (Wildman–Crippen MR) is 93.5 cm³/mol. The number of hydrogen-bond acceptors (Lipinski definition) is 4. The van der Waals surface area contributed by atoms with Crippen molar-refractivity contribution in [3.63, 3.8) is 0 Å². The van der Waals surface area contributed by atoms with E-state index in [0.717, 1.165) is 5.56 Å². The second-order valence-electron chi connectivity index (χ2n) is 6.79. The van der Waals surface area contributed by atoms with Gasteiger partial charge < -0.3 is 10.5 Å². The Labute approximate surface area is 142 Å². The lowest BCUT2D eigenvalue weighted by molar-refractivity contribution is -0.119. The normalized spacial score (nSPS) is 17.2. The Hall–Kier alpha value is -2.40. The molecule has 5 nitrogen and oxygen atoms in total. The number of benzene rings is 1. The van der Waals surface area contributed by atoms with Gasteiger partial charge >= 0.3 is 0 Å². The fourth-order valence-electron chi connectivity index (χ4n) is 2.77. The third-order valence-electron chi connectivity index (χ3n) is 3.81. The highest BCUT2D eigenvalue weighted by molar-refractivity contribution is 5.97. The maximum Gasteiger partial charge on any atom is 0.265 e. The fourth-order valence-corrected chi connectivity index (χ4v) is 2.77. The van der Waals surface area contributed by atoms with Crippen molar-refractivity contribution in [3.05, 3.63) is 53.2 Å². The summed E-state index contributed by atoms with van der Waals surface area (Å²) in [6, 6.07) is 9.46. The molecule has 0 bridgehead atoms. The third-order valence-corrected chi connectivity index (χ3v) is 3.81. The Morgan fingerprint density at radius 3 is 2.58 bits per heavy atom. The van der Waals surface area contributed by atoms with Crippen molar-refractivity contribution in [2.75, 3.05) is 6.61 Å². The molecule has 1 aromatic carbocycles. The molecule has 1 aliphatic rings. The SMILES string of the molecule is CC1(C)CC(=O)C=C(NNC(=O)/C(=C/c2ccccc2)CCO)C1. The quantitative estimate of drug-likeness (QED) is 0.553. The average Bonchev–Trinajstić information content (AvgIpc) is 2.51. The summed E-state index contributed by atoms with van der Waals surface area (Å²) in [6.45, 7) is 3.93. The molecule has 0 aliphatic heterocycles. The highest BCUT2D eigenvalue weighted by Gasteiger charge is 2.27. The van der Waals surface area contributed by atoms with E-state index in [0.29, 0.717) is 24.1 Å². The van der Waals surface area contributed by atoms with Gasteiger partial charge in [-0.15, -0.1) is 0 Å². The molecule has 1 amide bonds. The van der Waals surface area contributed by atoms with E-state index in [1.54, 1.807) is 6.08 Å². The first-order chi connectivity index (χ1) is 11.4. The molecule has 0 aromatic heterocycles. The van der Waals surface area contributed by atoms with Crippen LogP contribution in [-0.4, -0.2) is 23.4 Å². The number of amides is 1. The monoisotopic (exact) mass is 328 g/mol. The highest BCUT2D eigenvalue weighted by atomic mass is 16.3. The van der Waals surface area contributed by atoms with Crippen LogP contribution in [0.2, 0.25) is 0 Å². The van der Waals surface area contributed by atoms with Crippen LogP contribution in [0.5, 0.6) is 0 Å². The molecule has 0 saturated carbocycles. The second-order valence-corrected chi connectivity index (χ2v) is 6.79. The van der Waals surface area contributed by atoms with Gasteiger partial charge in [0.15, 0.2) is 5.78 Å².